The first kappa shape index (κ1) is 24.4. The van der Waals surface area contributed by atoms with Gasteiger partial charge < -0.3 is 24.3 Å². The Morgan fingerprint density at radius 2 is 1.74 bits per heavy atom. The lowest BCUT2D eigenvalue weighted by Gasteiger charge is -2.37. The molecule has 1 aliphatic carbocycles. The van der Waals surface area contributed by atoms with Gasteiger partial charge >= 0.3 is 5.97 Å². The molecule has 0 amide bonds. The number of methoxy groups -OCH3 is 3. The zero-order valence-corrected chi connectivity index (χ0v) is 20.8. The Morgan fingerprint density at radius 3 is 2.43 bits per heavy atom. The van der Waals surface area contributed by atoms with E-state index in [-0.39, 0.29) is 18.3 Å². The number of hydrogen-bond acceptors (Lipinski definition) is 7. The summed E-state index contributed by atoms with van der Waals surface area (Å²) in [5.41, 5.74) is 4.26. The van der Waals surface area contributed by atoms with Crippen molar-refractivity contribution >= 4 is 11.8 Å². The number of nitrogens with one attached hydrogen (secondary N) is 1. The third-order valence-electron chi connectivity index (χ3n) is 6.64. The molecule has 0 aromatic heterocycles. The number of rotatable bonds is 7. The van der Waals surface area contributed by atoms with Crippen molar-refractivity contribution < 1.29 is 28.5 Å². The smallest absolute Gasteiger partial charge is 0.336 e. The summed E-state index contributed by atoms with van der Waals surface area (Å²) in [6.45, 7) is 3.85. The number of ether oxygens (including phenoxy) is 4. The maximum absolute atomic E-state index is 13.7. The SMILES string of the molecule is CCOC(=O)C1=C(C)NC2=C(C(=O)C[C@H](c3cccc(OC)c3)C2)[C@H]1c1ccc(OC)cc1OC. The lowest BCUT2D eigenvalue weighted by Crippen LogP contribution is -2.36. The molecule has 0 fully saturated rings. The van der Waals surface area contributed by atoms with Crippen molar-refractivity contribution in [3.05, 3.63) is 76.1 Å². The fourth-order valence-electron chi connectivity index (χ4n) is 5.02. The van der Waals surface area contributed by atoms with Gasteiger partial charge in [0.05, 0.1) is 39.4 Å². The Hall–Kier alpha value is -3.74. The minimum Gasteiger partial charge on any atom is -0.497 e. The van der Waals surface area contributed by atoms with Gasteiger partial charge in [-0.2, -0.15) is 0 Å². The minimum atomic E-state index is -0.607. The second kappa shape index (κ2) is 10.3. The average molecular weight is 478 g/mol. The standard InChI is InChI=1S/C28H31NO6/c1-6-35-28(31)25-16(2)29-22-13-18(17-8-7-9-19(12-17)32-3)14-23(30)27(22)26(25)21-11-10-20(33-4)15-24(21)34-5/h7-12,15,18,26,29H,6,13-14H2,1-5H3/t18-,26+/m1/s1. The number of ketones is 1. The number of benzene rings is 2. The second-order valence-electron chi connectivity index (χ2n) is 8.62. The van der Waals surface area contributed by atoms with Gasteiger partial charge in [-0.1, -0.05) is 18.2 Å². The topological polar surface area (TPSA) is 83.1 Å². The van der Waals surface area contributed by atoms with Gasteiger partial charge in [-0.05, 0) is 49.9 Å². The van der Waals surface area contributed by atoms with E-state index in [0.717, 1.165) is 22.6 Å². The van der Waals surface area contributed by atoms with Crippen molar-refractivity contribution in [2.75, 3.05) is 27.9 Å². The summed E-state index contributed by atoms with van der Waals surface area (Å²) in [7, 11) is 4.78. The molecule has 2 aliphatic rings. The van der Waals surface area contributed by atoms with Gasteiger partial charge in [-0.15, -0.1) is 0 Å². The predicted octanol–water partition coefficient (Wildman–Crippen LogP) is 4.64. The number of hydrogen-bond donors (Lipinski definition) is 1. The first-order valence-electron chi connectivity index (χ1n) is 11.7. The normalized spacial score (nSPS) is 19.6. The highest BCUT2D eigenvalue weighted by Crippen LogP contribution is 2.48. The molecular formula is C28H31NO6. The molecule has 7 heteroatoms. The molecule has 0 saturated heterocycles. The van der Waals surface area contributed by atoms with Gasteiger partial charge in [0.2, 0.25) is 0 Å². The van der Waals surface area contributed by atoms with Crippen LogP contribution in [0.3, 0.4) is 0 Å². The molecule has 0 spiro atoms. The minimum absolute atomic E-state index is 0.000735. The van der Waals surface area contributed by atoms with Gasteiger partial charge in [0.15, 0.2) is 5.78 Å². The second-order valence-corrected chi connectivity index (χ2v) is 8.62. The molecule has 1 heterocycles. The van der Waals surface area contributed by atoms with Crippen LogP contribution in [0.1, 0.15) is 49.7 Å². The summed E-state index contributed by atoms with van der Waals surface area (Å²) in [6, 6.07) is 13.3. The summed E-state index contributed by atoms with van der Waals surface area (Å²) < 4.78 is 21.8. The monoisotopic (exact) mass is 477 g/mol. The number of esters is 1. The van der Waals surface area contributed by atoms with Gasteiger partial charge in [0.25, 0.3) is 0 Å². The number of dihydropyridines is 1. The molecule has 0 unspecified atom stereocenters. The highest BCUT2D eigenvalue weighted by atomic mass is 16.5. The molecule has 35 heavy (non-hydrogen) atoms. The van der Waals surface area contributed by atoms with Crippen LogP contribution in [0.5, 0.6) is 17.2 Å². The summed E-state index contributed by atoms with van der Waals surface area (Å²) in [4.78, 5) is 26.9. The lowest BCUT2D eigenvalue weighted by atomic mass is 9.71. The molecule has 2 aromatic carbocycles. The van der Waals surface area contributed by atoms with Gasteiger partial charge in [-0.3, -0.25) is 4.79 Å². The molecule has 1 aliphatic heterocycles. The summed E-state index contributed by atoms with van der Waals surface area (Å²) >= 11 is 0. The summed E-state index contributed by atoms with van der Waals surface area (Å²) in [6.07, 6.45) is 0.967. The van der Waals surface area contributed by atoms with E-state index in [2.05, 4.69) is 5.32 Å². The molecule has 0 radical (unpaired) electrons. The largest absolute Gasteiger partial charge is 0.497 e. The molecule has 0 saturated carbocycles. The molecular weight excluding hydrogens is 446 g/mol. The van der Waals surface area contributed by atoms with Crippen molar-refractivity contribution in [1.82, 2.24) is 5.32 Å². The molecule has 184 valence electrons. The Balaban J connectivity index is 1.84. The van der Waals surface area contributed by atoms with E-state index >= 15 is 0 Å². The van der Waals surface area contributed by atoms with Crippen LogP contribution in [-0.4, -0.2) is 39.7 Å². The third-order valence-corrected chi connectivity index (χ3v) is 6.64. The van der Waals surface area contributed by atoms with Crippen molar-refractivity contribution in [3.63, 3.8) is 0 Å². The van der Waals surface area contributed by atoms with Crippen LogP contribution >= 0.6 is 0 Å². The van der Waals surface area contributed by atoms with Crippen LogP contribution in [0.25, 0.3) is 0 Å². The summed E-state index contributed by atoms with van der Waals surface area (Å²) in [5.74, 6) is 0.857. The number of Topliss-reactive ketones (excluding diaryl/α,β-unsaturated/α-hetero) is 1. The van der Waals surface area contributed by atoms with Gasteiger partial charge in [0, 0.05) is 35.0 Å². The molecule has 4 rings (SSSR count). The zero-order chi connectivity index (χ0) is 25.1. The van der Waals surface area contributed by atoms with Crippen molar-refractivity contribution in [2.24, 2.45) is 0 Å². The maximum Gasteiger partial charge on any atom is 0.336 e. The Morgan fingerprint density at radius 1 is 1.00 bits per heavy atom. The van der Waals surface area contributed by atoms with Crippen LogP contribution in [0.15, 0.2) is 65.0 Å². The van der Waals surface area contributed by atoms with Crippen LogP contribution in [-0.2, 0) is 14.3 Å². The first-order valence-corrected chi connectivity index (χ1v) is 11.7. The number of carbonyl (C=O) groups excluding carboxylic acids is 2. The van der Waals surface area contributed by atoms with Crippen LogP contribution in [0.2, 0.25) is 0 Å². The molecule has 1 N–H and O–H groups in total. The van der Waals surface area contributed by atoms with Crippen molar-refractivity contribution in [3.8, 4) is 17.2 Å². The quantitative estimate of drug-likeness (QED) is 0.582. The fourth-order valence-corrected chi connectivity index (χ4v) is 5.02. The molecule has 0 bridgehead atoms. The lowest BCUT2D eigenvalue weighted by molar-refractivity contribution is -0.138. The van der Waals surface area contributed by atoms with E-state index in [1.807, 2.05) is 43.3 Å². The van der Waals surface area contributed by atoms with Crippen LogP contribution < -0.4 is 19.5 Å². The van der Waals surface area contributed by atoms with Crippen LogP contribution in [0, 0.1) is 0 Å². The van der Waals surface area contributed by atoms with E-state index in [1.165, 1.54) is 0 Å². The highest BCUT2D eigenvalue weighted by Gasteiger charge is 2.42. The van der Waals surface area contributed by atoms with E-state index < -0.39 is 11.9 Å². The number of allylic oxidation sites excluding steroid dienone is 3. The predicted molar refractivity (Wildman–Crippen MR) is 132 cm³/mol. The maximum atomic E-state index is 13.7. The van der Waals surface area contributed by atoms with Crippen molar-refractivity contribution in [2.45, 2.75) is 38.5 Å². The van der Waals surface area contributed by atoms with E-state index in [1.54, 1.807) is 34.3 Å². The van der Waals surface area contributed by atoms with Gasteiger partial charge in [0.1, 0.15) is 17.2 Å². The van der Waals surface area contributed by atoms with E-state index in [9.17, 15) is 9.59 Å². The first-order chi connectivity index (χ1) is 16.9. The molecule has 2 atom stereocenters. The summed E-state index contributed by atoms with van der Waals surface area (Å²) in [5, 5.41) is 3.37. The van der Waals surface area contributed by atoms with Crippen molar-refractivity contribution in [1.29, 1.82) is 0 Å². The third kappa shape index (κ3) is 4.63. The highest BCUT2D eigenvalue weighted by molar-refractivity contribution is 6.04. The zero-order valence-electron chi connectivity index (χ0n) is 20.8. The fraction of sp³-hybridized carbons (Fsp3) is 0.357. The van der Waals surface area contributed by atoms with Gasteiger partial charge in [-0.25, -0.2) is 4.79 Å². The number of carbonyl (C=O) groups is 2. The Bertz CT molecular complexity index is 1210. The van der Waals surface area contributed by atoms with E-state index in [4.69, 9.17) is 18.9 Å². The van der Waals surface area contributed by atoms with Crippen LogP contribution in [0.4, 0.5) is 0 Å². The molecule has 2 aromatic rings. The average Bonchev–Trinajstić information content (AvgIpc) is 2.87. The van der Waals surface area contributed by atoms with E-state index in [0.29, 0.717) is 41.2 Å². The molecule has 7 nitrogen and oxygen atoms in total. The Kier molecular flexibility index (Phi) is 7.15. The Labute approximate surface area is 205 Å².